The van der Waals surface area contributed by atoms with Crippen molar-refractivity contribution in [3.63, 3.8) is 0 Å². The molecule has 25 heavy (non-hydrogen) atoms. The summed E-state index contributed by atoms with van der Waals surface area (Å²) in [5, 5.41) is 10.00. The number of hydrogen-bond donors (Lipinski definition) is 2. The predicted octanol–water partition coefficient (Wildman–Crippen LogP) is 4.92. The number of carbonyl (C=O) groups excluding carboxylic acids is 1. The molecule has 0 aliphatic heterocycles. The standard InChI is InChI=1S/C20H41NO3Si/c1-7-8-9-11-14-17(22)15-12-10-13-16-18(19(21)23)24-25(5,6)20(2,3)4/h10,12,17-18,22H,7-9,11,13-16H2,1-6H3,(H2,21,23)/b12-10+. The molecule has 1 amide bonds. The number of hydrogen-bond acceptors (Lipinski definition) is 3. The minimum atomic E-state index is -2.00. The number of allylic oxidation sites excluding steroid dienone is 1. The molecule has 0 fully saturated rings. The number of aliphatic hydroxyl groups excluding tert-OH is 1. The van der Waals surface area contributed by atoms with Crippen molar-refractivity contribution < 1.29 is 14.3 Å². The fourth-order valence-corrected chi connectivity index (χ4v) is 3.63. The quantitative estimate of drug-likeness (QED) is 0.274. The van der Waals surface area contributed by atoms with Crippen molar-refractivity contribution in [3.8, 4) is 0 Å². The molecule has 5 heteroatoms. The number of unbranched alkanes of at least 4 members (excludes halogenated alkanes) is 3. The minimum absolute atomic E-state index is 0.0540. The zero-order valence-corrected chi connectivity index (χ0v) is 18.3. The highest BCUT2D eigenvalue weighted by atomic mass is 28.4. The molecule has 0 saturated heterocycles. The van der Waals surface area contributed by atoms with E-state index in [9.17, 15) is 9.90 Å². The number of nitrogens with two attached hydrogens (primary N) is 1. The molecule has 0 bridgehead atoms. The molecule has 2 unspecified atom stereocenters. The summed E-state index contributed by atoms with van der Waals surface area (Å²) in [6.45, 7) is 12.9. The van der Waals surface area contributed by atoms with Gasteiger partial charge in [-0.05, 0) is 43.8 Å². The van der Waals surface area contributed by atoms with E-state index in [2.05, 4.69) is 40.8 Å². The second kappa shape index (κ2) is 11.9. The van der Waals surface area contributed by atoms with Gasteiger partial charge in [0, 0.05) is 0 Å². The Hall–Kier alpha value is -0.653. The van der Waals surface area contributed by atoms with Crippen LogP contribution < -0.4 is 5.73 Å². The van der Waals surface area contributed by atoms with Crippen molar-refractivity contribution in [2.24, 2.45) is 5.73 Å². The molecule has 0 rings (SSSR count). The van der Waals surface area contributed by atoms with Crippen molar-refractivity contribution in [2.75, 3.05) is 0 Å². The third-order valence-corrected chi connectivity index (χ3v) is 9.61. The van der Waals surface area contributed by atoms with Gasteiger partial charge in [0.25, 0.3) is 0 Å². The van der Waals surface area contributed by atoms with Gasteiger partial charge in [-0.25, -0.2) is 0 Å². The van der Waals surface area contributed by atoms with E-state index in [0.29, 0.717) is 12.8 Å². The van der Waals surface area contributed by atoms with Crippen molar-refractivity contribution >= 4 is 14.2 Å². The van der Waals surface area contributed by atoms with Crippen LogP contribution in [0.3, 0.4) is 0 Å². The number of primary amides is 1. The highest BCUT2D eigenvalue weighted by Gasteiger charge is 2.40. The van der Waals surface area contributed by atoms with Gasteiger partial charge < -0.3 is 15.3 Å². The normalized spacial score (nSPS) is 15.5. The van der Waals surface area contributed by atoms with Gasteiger partial charge in [0.15, 0.2) is 8.32 Å². The zero-order chi connectivity index (χ0) is 19.5. The van der Waals surface area contributed by atoms with E-state index in [-0.39, 0.29) is 17.0 Å². The van der Waals surface area contributed by atoms with Crippen LogP contribution in [0.4, 0.5) is 0 Å². The summed E-state index contributed by atoms with van der Waals surface area (Å²) in [5.74, 6) is -0.380. The first-order valence-electron chi connectivity index (χ1n) is 9.81. The smallest absolute Gasteiger partial charge is 0.245 e. The molecule has 0 saturated carbocycles. The molecule has 0 aromatic carbocycles. The maximum absolute atomic E-state index is 11.7. The third kappa shape index (κ3) is 10.8. The summed E-state index contributed by atoms with van der Waals surface area (Å²) < 4.78 is 6.15. The molecule has 2 atom stereocenters. The van der Waals surface area contributed by atoms with Crippen LogP contribution in [0.5, 0.6) is 0 Å². The average molecular weight is 372 g/mol. The van der Waals surface area contributed by atoms with Crippen LogP contribution in [-0.4, -0.2) is 31.5 Å². The SMILES string of the molecule is CCCCCCC(O)C/C=C/CCC(O[Si](C)(C)C(C)(C)C)C(N)=O. The summed E-state index contributed by atoms with van der Waals surface area (Å²) in [6, 6.07) is 0. The van der Waals surface area contributed by atoms with Crippen molar-refractivity contribution in [2.45, 2.75) is 109 Å². The Kier molecular flexibility index (Phi) is 11.6. The Morgan fingerprint density at radius 1 is 1.16 bits per heavy atom. The van der Waals surface area contributed by atoms with E-state index in [1.54, 1.807) is 0 Å². The second-order valence-electron chi connectivity index (χ2n) is 8.56. The van der Waals surface area contributed by atoms with Crippen molar-refractivity contribution in [3.05, 3.63) is 12.2 Å². The van der Waals surface area contributed by atoms with E-state index >= 15 is 0 Å². The molecule has 148 valence electrons. The molecule has 0 aromatic heterocycles. The summed E-state index contributed by atoms with van der Waals surface area (Å²) in [5.41, 5.74) is 5.52. The average Bonchev–Trinajstić information content (AvgIpc) is 2.48. The van der Waals surface area contributed by atoms with Crippen LogP contribution >= 0.6 is 0 Å². The molecule has 0 aliphatic rings. The number of rotatable bonds is 13. The minimum Gasteiger partial charge on any atom is -0.405 e. The third-order valence-electron chi connectivity index (χ3n) is 5.12. The maximum atomic E-state index is 11.7. The van der Waals surface area contributed by atoms with E-state index in [1.165, 1.54) is 19.3 Å². The van der Waals surface area contributed by atoms with Gasteiger partial charge in [-0.15, -0.1) is 0 Å². The first kappa shape index (κ1) is 24.3. The molecule has 3 N–H and O–H groups in total. The van der Waals surface area contributed by atoms with Crippen LogP contribution in [0.1, 0.15) is 79.1 Å². The molecule has 4 nitrogen and oxygen atoms in total. The molecule has 0 heterocycles. The number of amides is 1. The van der Waals surface area contributed by atoms with Crippen molar-refractivity contribution in [1.29, 1.82) is 0 Å². The lowest BCUT2D eigenvalue weighted by molar-refractivity contribution is -0.125. The van der Waals surface area contributed by atoms with Gasteiger partial charge in [0.05, 0.1) is 6.10 Å². The lowest BCUT2D eigenvalue weighted by Crippen LogP contribution is -2.47. The largest absolute Gasteiger partial charge is 0.405 e. The van der Waals surface area contributed by atoms with Crippen LogP contribution in [0.25, 0.3) is 0 Å². The second-order valence-corrected chi connectivity index (χ2v) is 13.3. The van der Waals surface area contributed by atoms with Crippen LogP contribution in [0.2, 0.25) is 18.1 Å². The maximum Gasteiger partial charge on any atom is 0.245 e. The summed E-state index contributed by atoms with van der Waals surface area (Å²) >= 11 is 0. The van der Waals surface area contributed by atoms with Crippen LogP contribution in [0, 0.1) is 0 Å². The van der Waals surface area contributed by atoms with Gasteiger partial charge in [0.2, 0.25) is 5.91 Å². The van der Waals surface area contributed by atoms with Gasteiger partial charge in [0.1, 0.15) is 6.10 Å². The highest BCUT2D eigenvalue weighted by Crippen LogP contribution is 2.37. The lowest BCUT2D eigenvalue weighted by Gasteiger charge is -2.38. The Morgan fingerprint density at radius 3 is 2.32 bits per heavy atom. The topological polar surface area (TPSA) is 72.6 Å². The zero-order valence-electron chi connectivity index (χ0n) is 17.3. The molecule has 0 radical (unpaired) electrons. The first-order chi connectivity index (χ1) is 11.5. The Morgan fingerprint density at radius 2 is 1.80 bits per heavy atom. The molecular formula is C20H41NO3Si. The van der Waals surface area contributed by atoms with E-state index in [4.69, 9.17) is 10.2 Å². The molecular weight excluding hydrogens is 330 g/mol. The molecule has 0 spiro atoms. The van der Waals surface area contributed by atoms with Gasteiger partial charge in [-0.1, -0.05) is 65.5 Å². The van der Waals surface area contributed by atoms with Gasteiger partial charge in [-0.2, -0.15) is 0 Å². The fraction of sp³-hybridized carbons (Fsp3) is 0.850. The Balaban J connectivity index is 4.22. The fourth-order valence-electron chi connectivity index (χ4n) is 2.34. The van der Waals surface area contributed by atoms with E-state index in [1.807, 2.05) is 12.2 Å². The molecule has 0 aliphatic carbocycles. The number of carbonyl (C=O) groups is 1. The van der Waals surface area contributed by atoms with E-state index in [0.717, 1.165) is 19.3 Å². The van der Waals surface area contributed by atoms with Crippen LogP contribution in [-0.2, 0) is 9.22 Å². The first-order valence-corrected chi connectivity index (χ1v) is 12.7. The van der Waals surface area contributed by atoms with Crippen LogP contribution in [0.15, 0.2) is 12.2 Å². The van der Waals surface area contributed by atoms with Gasteiger partial charge in [-0.3, -0.25) is 4.79 Å². The summed E-state index contributed by atoms with van der Waals surface area (Å²) in [6.07, 6.45) is 10.9. The Labute approximate surface area is 156 Å². The predicted molar refractivity (Wildman–Crippen MR) is 109 cm³/mol. The van der Waals surface area contributed by atoms with Gasteiger partial charge >= 0.3 is 0 Å². The lowest BCUT2D eigenvalue weighted by atomic mass is 10.1. The number of aliphatic hydroxyl groups is 1. The summed E-state index contributed by atoms with van der Waals surface area (Å²) in [4.78, 5) is 11.7. The van der Waals surface area contributed by atoms with Crippen molar-refractivity contribution in [1.82, 2.24) is 0 Å². The van der Waals surface area contributed by atoms with E-state index < -0.39 is 14.4 Å². The Bertz CT molecular complexity index is 402. The monoisotopic (exact) mass is 371 g/mol. The highest BCUT2D eigenvalue weighted by molar-refractivity contribution is 6.74. The summed E-state index contributed by atoms with van der Waals surface area (Å²) in [7, 11) is -2.00. The molecule has 0 aromatic rings.